The van der Waals surface area contributed by atoms with Crippen molar-refractivity contribution in [3.8, 4) is 11.5 Å². The second-order valence-corrected chi connectivity index (χ2v) is 9.06. The lowest BCUT2D eigenvalue weighted by atomic mass is 9.76. The van der Waals surface area contributed by atoms with E-state index >= 15 is 0 Å². The van der Waals surface area contributed by atoms with Crippen LogP contribution in [0.1, 0.15) is 40.6 Å². The predicted octanol–water partition coefficient (Wildman–Crippen LogP) is 7.24. The Bertz CT molecular complexity index is 1230. The van der Waals surface area contributed by atoms with Gasteiger partial charge in [-0.2, -0.15) is 0 Å². The molecule has 0 saturated carbocycles. The number of ether oxygens (including phenoxy) is 2. The number of nitrogens with zero attached hydrogens (tertiary/aromatic N) is 1. The van der Waals surface area contributed by atoms with Crippen LogP contribution >= 0.6 is 11.6 Å². The zero-order valence-electron chi connectivity index (χ0n) is 19.0. The molecule has 1 aliphatic carbocycles. The number of halogens is 1. The van der Waals surface area contributed by atoms with Gasteiger partial charge in [0.25, 0.3) is 0 Å². The van der Waals surface area contributed by atoms with E-state index < -0.39 is 0 Å². The first kappa shape index (κ1) is 21.6. The lowest BCUT2D eigenvalue weighted by Gasteiger charge is -2.37. The maximum atomic E-state index is 6.31. The van der Waals surface area contributed by atoms with Crippen molar-refractivity contribution >= 4 is 29.2 Å². The molecule has 0 fully saturated rings. The van der Waals surface area contributed by atoms with Crippen molar-refractivity contribution in [1.82, 2.24) is 0 Å². The van der Waals surface area contributed by atoms with Gasteiger partial charge >= 0.3 is 0 Å². The normalized spacial score (nSPS) is 20.9. The molecule has 1 heterocycles. The van der Waals surface area contributed by atoms with E-state index in [2.05, 4.69) is 71.8 Å². The zero-order chi connectivity index (χ0) is 22.9. The zero-order valence-corrected chi connectivity index (χ0v) is 19.8. The van der Waals surface area contributed by atoms with Crippen molar-refractivity contribution in [3.05, 3.63) is 94.0 Å². The van der Waals surface area contributed by atoms with E-state index in [1.807, 2.05) is 12.1 Å². The smallest absolute Gasteiger partial charge is 0.179 e. The van der Waals surface area contributed by atoms with E-state index in [0.29, 0.717) is 28.4 Å². The van der Waals surface area contributed by atoms with E-state index in [-0.39, 0.29) is 6.04 Å². The maximum absolute atomic E-state index is 6.31. The Morgan fingerprint density at radius 1 is 1.03 bits per heavy atom. The van der Waals surface area contributed by atoms with Crippen LogP contribution in [0.25, 0.3) is 0 Å². The fourth-order valence-corrected chi connectivity index (χ4v) is 5.27. The van der Waals surface area contributed by atoms with Gasteiger partial charge in [0.1, 0.15) is 0 Å². The van der Waals surface area contributed by atoms with E-state index in [1.54, 1.807) is 20.4 Å². The van der Waals surface area contributed by atoms with Gasteiger partial charge < -0.3 is 14.8 Å². The summed E-state index contributed by atoms with van der Waals surface area (Å²) in [5, 5.41) is 4.29. The molecule has 0 amide bonds. The summed E-state index contributed by atoms with van der Waals surface area (Å²) in [5.74, 6) is 2.11. The Labute approximate surface area is 199 Å². The van der Waals surface area contributed by atoms with Crippen molar-refractivity contribution in [2.75, 3.05) is 19.5 Å². The molecule has 0 saturated heterocycles. The van der Waals surface area contributed by atoms with Gasteiger partial charge in [-0.25, -0.2) is 0 Å². The lowest BCUT2D eigenvalue weighted by Crippen LogP contribution is -2.29. The SMILES string of the molecule is COc1cc(C=Nc2ccc([C@@H]3Nc4ccc(C)cc4[C@@H]4C=CC[C@@H]43)cc2)cc(Cl)c1OC. The molecule has 0 spiro atoms. The summed E-state index contributed by atoms with van der Waals surface area (Å²) >= 11 is 6.31. The summed E-state index contributed by atoms with van der Waals surface area (Å²) in [6, 6.07) is 19.2. The number of aryl methyl sites for hydroxylation is 1. The van der Waals surface area contributed by atoms with Crippen LogP contribution in [0.3, 0.4) is 0 Å². The molecule has 0 unspecified atom stereocenters. The molecule has 5 rings (SSSR count). The number of methoxy groups -OCH3 is 2. The second-order valence-electron chi connectivity index (χ2n) is 8.65. The first-order chi connectivity index (χ1) is 16.1. The van der Waals surface area contributed by atoms with Gasteiger partial charge in [0.05, 0.1) is 31.0 Å². The van der Waals surface area contributed by atoms with E-state index in [4.69, 9.17) is 21.1 Å². The summed E-state index contributed by atoms with van der Waals surface area (Å²) in [6.45, 7) is 2.16. The molecular weight excluding hydrogens is 432 g/mol. The quantitative estimate of drug-likeness (QED) is 0.323. The van der Waals surface area contributed by atoms with Crippen molar-refractivity contribution < 1.29 is 9.47 Å². The average molecular weight is 459 g/mol. The largest absolute Gasteiger partial charge is 0.493 e. The fourth-order valence-electron chi connectivity index (χ4n) is 4.97. The minimum atomic E-state index is 0.280. The predicted molar refractivity (Wildman–Crippen MR) is 136 cm³/mol. The van der Waals surface area contributed by atoms with Gasteiger partial charge in [0.2, 0.25) is 0 Å². The Morgan fingerprint density at radius 3 is 2.61 bits per heavy atom. The van der Waals surface area contributed by atoms with Crippen LogP contribution < -0.4 is 14.8 Å². The molecule has 3 aromatic carbocycles. The summed E-state index contributed by atoms with van der Waals surface area (Å²) in [7, 11) is 3.17. The van der Waals surface area contributed by atoms with Crippen molar-refractivity contribution in [2.24, 2.45) is 10.9 Å². The Morgan fingerprint density at radius 2 is 1.85 bits per heavy atom. The van der Waals surface area contributed by atoms with Crippen LogP contribution in [0, 0.1) is 12.8 Å². The summed E-state index contributed by atoms with van der Waals surface area (Å²) in [5.41, 5.74) is 6.99. The Kier molecular flexibility index (Phi) is 5.86. The minimum absolute atomic E-state index is 0.280. The summed E-state index contributed by atoms with van der Waals surface area (Å²) in [6.07, 6.45) is 7.59. The topological polar surface area (TPSA) is 42.8 Å². The Hall–Kier alpha value is -3.24. The number of allylic oxidation sites excluding steroid dienone is 2. The van der Waals surface area contributed by atoms with Gasteiger partial charge in [0.15, 0.2) is 11.5 Å². The molecule has 33 heavy (non-hydrogen) atoms. The van der Waals surface area contributed by atoms with Crippen molar-refractivity contribution in [2.45, 2.75) is 25.3 Å². The highest BCUT2D eigenvalue weighted by Gasteiger charge is 2.37. The van der Waals surface area contributed by atoms with E-state index in [1.165, 1.54) is 22.4 Å². The van der Waals surface area contributed by atoms with Crippen molar-refractivity contribution in [3.63, 3.8) is 0 Å². The second kappa shape index (κ2) is 8.95. The third kappa shape index (κ3) is 4.11. The Balaban J connectivity index is 1.37. The monoisotopic (exact) mass is 458 g/mol. The van der Waals surface area contributed by atoms with Gasteiger partial charge in [-0.3, -0.25) is 4.99 Å². The van der Waals surface area contributed by atoms with Crippen molar-refractivity contribution in [1.29, 1.82) is 0 Å². The van der Waals surface area contributed by atoms with Crippen LogP contribution in [-0.2, 0) is 0 Å². The van der Waals surface area contributed by atoms with E-state index in [9.17, 15) is 0 Å². The van der Waals surface area contributed by atoms with Crippen LogP contribution in [0.15, 0.2) is 71.7 Å². The first-order valence-electron chi connectivity index (χ1n) is 11.2. The van der Waals surface area contributed by atoms with Gasteiger partial charge in [-0.1, -0.05) is 53.6 Å². The standard InChI is InChI=1S/C28H27ClN2O2/c1-17-7-12-25-23(13-17)21-5-4-6-22(21)27(31-25)19-8-10-20(11-9-19)30-16-18-14-24(29)28(33-3)26(15-18)32-2/h4-5,7-16,21-22,27,31H,6H2,1-3H3/t21-,22+,27+/m1/s1. The lowest BCUT2D eigenvalue weighted by molar-refractivity contribution is 0.355. The molecule has 168 valence electrons. The van der Waals surface area contributed by atoms with Crippen LogP contribution in [0.4, 0.5) is 11.4 Å². The summed E-state index contributed by atoms with van der Waals surface area (Å²) < 4.78 is 10.7. The molecular formula is C28H27ClN2O2. The number of hydrogen-bond acceptors (Lipinski definition) is 4. The van der Waals surface area contributed by atoms with Crippen LogP contribution in [-0.4, -0.2) is 20.4 Å². The molecule has 0 radical (unpaired) electrons. The molecule has 0 aromatic heterocycles. The summed E-state index contributed by atoms with van der Waals surface area (Å²) in [4.78, 5) is 4.63. The van der Waals surface area contributed by atoms with Crippen LogP contribution in [0.5, 0.6) is 11.5 Å². The molecule has 3 atom stereocenters. The third-order valence-corrected chi connectivity index (χ3v) is 6.87. The van der Waals surface area contributed by atoms with E-state index in [0.717, 1.165) is 17.7 Å². The number of rotatable bonds is 5. The molecule has 5 heteroatoms. The molecule has 0 bridgehead atoms. The highest BCUT2D eigenvalue weighted by Crippen LogP contribution is 2.50. The molecule has 4 nitrogen and oxygen atoms in total. The van der Waals surface area contributed by atoms with Gasteiger partial charge in [0, 0.05) is 17.8 Å². The molecule has 2 aliphatic rings. The number of fused-ring (bicyclic) bond motifs is 3. The average Bonchev–Trinajstić information content (AvgIpc) is 3.33. The third-order valence-electron chi connectivity index (χ3n) is 6.59. The molecule has 1 aliphatic heterocycles. The number of nitrogens with one attached hydrogen (secondary N) is 1. The maximum Gasteiger partial charge on any atom is 0.179 e. The highest BCUT2D eigenvalue weighted by atomic mass is 35.5. The number of aliphatic imine (C=N–C) groups is 1. The first-order valence-corrected chi connectivity index (χ1v) is 11.5. The molecule has 1 N–H and O–H groups in total. The van der Waals surface area contributed by atoms with Crippen LogP contribution in [0.2, 0.25) is 5.02 Å². The molecule has 3 aromatic rings. The minimum Gasteiger partial charge on any atom is -0.493 e. The van der Waals surface area contributed by atoms with Gasteiger partial charge in [-0.05, 0) is 66.3 Å². The number of anilines is 1. The van der Waals surface area contributed by atoms with Gasteiger partial charge in [-0.15, -0.1) is 0 Å². The number of hydrogen-bond donors (Lipinski definition) is 1. The number of benzene rings is 3. The fraction of sp³-hybridized carbons (Fsp3) is 0.250. The highest BCUT2D eigenvalue weighted by molar-refractivity contribution is 6.32.